The first kappa shape index (κ1) is 19.0. The van der Waals surface area contributed by atoms with Crippen molar-refractivity contribution < 1.29 is 24.6 Å². The smallest absolute Gasteiger partial charge is 0.335 e. The van der Waals surface area contributed by atoms with Crippen molar-refractivity contribution in [2.75, 3.05) is 6.61 Å². The van der Waals surface area contributed by atoms with Gasteiger partial charge < -0.3 is 15.7 Å². The van der Waals surface area contributed by atoms with Crippen LogP contribution in [0.25, 0.3) is 0 Å². The first-order valence-electron chi connectivity index (χ1n) is 5.51. The Hall–Kier alpha value is -2.00. The highest BCUT2D eigenvalue weighted by Gasteiger charge is 2.03. The van der Waals surface area contributed by atoms with Crippen LogP contribution in [0.1, 0.15) is 23.2 Å². The Labute approximate surface area is 130 Å². The number of thiol groups is 1. The molecule has 0 bridgehead atoms. The molecule has 0 fully saturated rings. The zero-order chi connectivity index (χ0) is 16.4. The number of nitrogens with zero attached hydrogens (tertiary/aromatic N) is 1. The highest BCUT2D eigenvalue weighted by Crippen LogP contribution is 2.20. The van der Waals surface area contributed by atoms with Gasteiger partial charge in [-0.3, -0.25) is 4.79 Å². The minimum absolute atomic E-state index is 0.0735. The van der Waals surface area contributed by atoms with E-state index in [2.05, 4.69) is 17.5 Å². The van der Waals surface area contributed by atoms with Crippen LogP contribution in [0.15, 0.2) is 23.1 Å². The SMILES string of the molecule is NC(=O)CCCO[N+](=O)[O-].O=C(O)c1ccc(Cl)c(S)c1. The summed E-state index contributed by atoms with van der Waals surface area (Å²) >= 11 is 9.58. The maximum atomic E-state index is 10.4. The van der Waals surface area contributed by atoms with Crippen molar-refractivity contribution in [2.45, 2.75) is 17.7 Å². The van der Waals surface area contributed by atoms with E-state index < -0.39 is 17.0 Å². The first-order valence-corrected chi connectivity index (χ1v) is 6.34. The highest BCUT2D eigenvalue weighted by molar-refractivity contribution is 7.80. The fraction of sp³-hybridized carbons (Fsp3) is 0.273. The van der Waals surface area contributed by atoms with Gasteiger partial charge in [0, 0.05) is 11.3 Å². The van der Waals surface area contributed by atoms with Gasteiger partial charge in [-0.2, -0.15) is 0 Å². The molecule has 1 aromatic carbocycles. The third-order valence-electron chi connectivity index (χ3n) is 1.96. The Bertz CT molecular complexity index is 509. The molecule has 0 radical (unpaired) electrons. The second-order valence-electron chi connectivity index (χ2n) is 3.60. The van der Waals surface area contributed by atoms with Crippen molar-refractivity contribution in [1.29, 1.82) is 0 Å². The Kier molecular flexibility index (Phi) is 8.90. The summed E-state index contributed by atoms with van der Waals surface area (Å²) in [5.41, 5.74) is 4.94. The van der Waals surface area contributed by atoms with Gasteiger partial charge >= 0.3 is 5.97 Å². The summed E-state index contributed by atoms with van der Waals surface area (Å²) in [6.07, 6.45) is 0.407. The quantitative estimate of drug-likeness (QED) is 0.314. The molecule has 0 aliphatic heterocycles. The molecule has 0 saturated carbocycles. The molecule has 116 valence electrons. The lowest BCUT2D eigenvalue weighted by Crippen LogP contribution is -2.12. The summed E-state index contributed by atoms with van der Waals surface area (Å²) in [6.45, 7) is -0.0735. The molecule has 8 nitrogen and oxygen atoms in total. The average molecular weight is 337 g/mol. The molecule has 0 heterocycles. The number of primary amides is 1. The zero-order valence-corrected chi connectivity index (χ0v) is 12.3. The lowest BCUT2D eigenvalue weighted by molar-refractivity contribution is -0.757. The van der Waals surface area contributed by atoms with Crippen molar-refractivity contribution in [3.05, 3.63) is 38.9 Å². The lowest BCUT2D eigenvalue weighted by atomic mass is 10.2. The fourth-order valence-electron chi connectivity index (χ4n) is 1.03. The molecule has 1 rings (SSSR count). The molecular formula is C11H13ClN2O6S. The van der Waals surface area contributed by atoms with Gasteiger partial charge in [0.25, 0.3) is 5.09 Å². The molecule has 3 N–H and O–H groups in total. The van der Waals surface area contributed by atoms with Gasteiger partial charge in [-0.1, -0.05) is 11.6 Å². The number of rotatable bonds is 6. The van der Waals surface area contributed by atoms with Crippen LogP contribution in [0.5, 0.6) is 0 Å². The molecule has 1 aromatic rings. The van der Waals surface area contributed by atoms with Gasteiger partial charge in [0.15, 0.2) is 0 Å². The summed E-state index contributed by atoms with van der Waals surface area (Å²) < 4.78 is 0. The van der Waals surface area contributed by atoms with Gasteiger partial charge in [0.05, 0.1) is 17.2 Å². The topological polar surface area (TPSA) is 133 Å². The Morgan fingerprint density at radius 1 is 1.48 bits per heavy atom. The maximum absolute atomic E-state index is 10.4. The van der Waals surface area contributed by atoms with Gasteiger partial charge in [0.2, 0.25) is 5.91 Å². The molecule has 0 spiro atoms. The standard InChI is InChI=1S/C7H5ClO2S.C4H8N2O4/c8-5-2-1-4(7(9)10)3-6(5)11;5-4(7)2-1-3-10-6(8)9/h1-3,11H,(H,9,10);1-3H2,(H2,5,7). The summed E-state index contributed by atoms with van der Waals surface area (Å²) in [4.78, 5) is 34.3. The molecule has 10 heteroatoms. The third-order valence-corrected chi connectivity index (χ3v) is 2.79. The minimum Gasteiger partial charge on any atom is -0.478 e. The number of hydrogen-bond acceptors (Lipinski definition) is 6. The predicted octanol–water partition coefficient (Wildman–Crippen LogP) is 1.79. The summed E-state index contributed by atoms with van der Waals surface area (Å²) in [7, 11) is 0. The van der Waals surface area contributed by atoms with Gasteiger partial charge in [0.1, 0.15) is 0 Å². The van der Waals surface area contributed by atoms with Gasteiger partial charge in [-0.05, 0) is 24.6 Å². The van der Waals surface area contributed by atoms with Crippen molar-refractivity contribution in [2.24, 2.45) is 5.73 Å². The summed E-state index contributed by atoms with van der Waals surface area (Å²) in [6, 6.07) is 4.35. The number of aromatic carboxylic acids is 1. The van der Waals surface area contributed by atoms with E-state index in [0.717, 1.165) is 0 Å². The monoisotopic (exact) mass is 336 g/mol. The molecule has 0 aromatic heterocycles. The second kappa shape index (κ2) is 9.83. The van der Waals surface area contributed by atoms with Crippen LogP contribution in [0, 0.1) is 10.1 Å². The largest absolute Gasteiger partial charge is 0.478 e. The fourth-order valence-corrected chi connectivity index (χ4v) is 1.36. The molecule has 0 unspecified atom stereocenters. The van der Waals surface area contributed by atoms with Crippen molar-refractivity contribution >= 4 is 36.1 Å². The normalized spacial score (nSPS) is 9.24. The number of carbonyl (C=O) groups is 2. The van der Waals surface area contributed by atoms with E-state index in [4.69, 9.17) is 22.4 Å². The van der Waals surface area contributed by atoms with Crippen molar-refractivity contribution in [3.63, 3.8) is 0 Å². The van der Waals surface area contributed by atoms with Crippen LogP contribution in [-0.4, -0.2) is 28.7 Å². The molecule has 0 aliphatic carbocycles. The Morgan fingerprint density at radius 2 is 2.10 bits per heavy atom. The predicted molar refractivity (Wildman–Crippen MR) is 77.0 cm³/mol. The number of nitrogens with two attached hydrogens (primary N) is 1. The summed E-state index contributed by atoms with van der Waals surface area (Å²) in [5.74, 6) is -1.45. The third kappa shape index (κ3) is 9.52. The molecule has 0 aliphatic rings. The van der Waals surface area contributed by atoms with Crippen LogP contribution >= 0.6 is 24.2 Å². The molecule has 1 amide bonds. The number of carboxylic acid groups (broad SMARTS) is 1. The molecule has 0 atom stereocenters. The van der Waals surface area contributed by atoms with E-state index in [1.165, 1.54) is 18.2 Å². The number of hydrogen-bond donors (Lipinski definition) is 3. The van der Waals surface area contributed by atoms with E-state index in [1.807, 2.05) is 0 Å². The Balaban J connectivity index is 0.000000384. The van der Waals surface area contributed by atoms with Crippen molar-refractivity contribution in [3.8, 4) is 0 Å². The van der Waals surface area contributed by atoms with Crippen LogP contribution < -0.4 is 5.73 Å². The van der Waals surface area contributed by atoms with Crippen LogP contribution in [-0.2, 0) is 9.63 Å². The van der Waals surface area contributed by atoms with E-state index in [-0.39, 0.29) is 25.0 Å². The number of benzene rings is 1. The molecule has 21 heavy (non-hydrogen) atoms. The number of carbonyl (C=O) groups excluding carboxylic acids is 1. The van der Waals surface area contributed by atoms with Crippen LogP contribution in [0.2, 0.25) is 5.02 Å². The molecular weight excluding hydrogens is 324 g/mol. The van der Waals surface area contributed by atoms with Crippen LogP contribution in [0.4, 0.5) is 0 Å². The zero-order valence-electron chi connectivity index (χ0n) is 10.7. The Morgan fingerprint density at radius 3 is 2.52 bits per heavy atom. The minimum atomic E-state index is -0.975. The summed E-state index contributed by atoms with van der Waals surface area (Å²) in [5, 5.41) is 17.6. The first-order chi connectivity index (χ1) is 9.73. The van der Waals surface area contributed by atoms with E-state index in [0.29, 0.717) is 9.92 Å². The van der Waals surface area contributed by atoms with E-state index in [9.17, 15) is 19.7 Å². The second-order valence-corrected chi connectivity index (χ2v) is 4.49. The lowest BCUT2D eigenvalue weighted by Gasteiger charge is -1.97. The highest BCUT2D eigenvalue weighted by atomic mass is 35.5. The average Bonchev–Trinajstić information content (AvgIpc) is 2.38. The number of carboxylic acids is 1. The van der Waals surface area contributed by atoms with Crippen molar-refractivity contribution in [1.82, 2.24) is 0 Å². The maximum Gasteiger partial charge on any atom is 0.335 e. The van der Waals surface area contributed by atoms with E-state index in [1.54, 1.807) is 0 Å². The van der Waals surface area contributed by atoms with E-state index >= 15 is 0 Å². The number of amides is 1. The molecule has 0 saturated heterocycles. The van der Waals surface area contributed by atoms with Crippen LogP contribution in [0.3, 0.4) is 0 Å². The number of halogens is 1. The van der Waals surface area contributed by atoms with Gasteiger partial charge in [-0.25, -0.2) is 4.79 Å². The van der Waals surface area contributed by atoms with Gasteiger partial charge in [-0.15, -0.1) is 22.7 Å².